The van der Waals surface area contributed by atoms with E-state index in [2.05, 4.69) is 29.3 Å². The number of hydrogen-bond donors (Lipinski definition) is 1. The fraction of sp³-hybridized carbons (Fsp3) is 0.296. The minimum atomic E-state index is -0.331. The molecule has 0 bridgehead atoms. The van der Waals surface area contributed by atoms with Crippen LogP contribution in [0, 0.1) is 5.92 Å². The van der Waals surface area contributed by atoms with Crippen LogP contribution in [0.5, 0.6) is 0 Å². The van der Waals surface area contributed by atoms with Crippen LogP contribution in [0.15, 0.2) is 84.9 Å². The number of carbonyl (C=O) groups is 1. The third-order valence-corrected chi connectivity index (χ3v) is 6.03. The number of nitrogens with zero attached hydrogens (tertiary/aromatic N) is 1. The molecule has 1 saturated heterocycles. The van der Waals surface area contributed by atoms with Crippen molar-refractivity contribution < 1.29 is 4.79 Å². The Labute approximate surface area is 179 Å². The number of amides is 1. The molecule has 0 unspecified atom stereocenters. The summed E-state index contributed by atoms with van der Waals surface area (Å²) in [6.45, 7) is 5.68. The molecule has 3 heteroatoms. The minimum Gasteiger partial charge on any atom is -0.325 e. The molecule has 1 heterocycles. The average Bonchev–Trinajstić information content (AvgIpc) is 2.78. The van der Waals surface area contributed by atoms with E-state index in [0.717, 1.165) is 29.3 Å². The van der Waals surface area contributed by atoms with Crippen molar-refractivity contribution in [3.05, 3.63) is 102 Å². The van der Waals surface area contributed by atoms with Crippen LogP contribution in [0.25, 0.3) is 0 Å². The first-order valence-electron chi connectivity index (χ1n) is 10.9. The molecule has 154 valence electrons. The van der Waals surface area contributed by atoms with Crippen molar-refractivity contribution in [1.29, 1.82) is 0 Å². The van der Waals surface area contributed by atoms with Gasteiger partial charge in [-0.25, -0.2) is 0 Å². The maximum absolute atomic E-state index is 13.2. The lowest BCUT2D eigenvalue weighted by molar-refractivity contribution is -0.116. The fourth-order valence-corrected chi connectivity index (χ4v) is 4.17. The van der Waals surface area contributed by atoms with E-state index in [1.807, 2.05) is 72.8 Å². The highest BCUT2D eigenvalue weighted by Crippen LogP contribution is 2.26. The number of rotatable bonds is 6. The van der Waals surface area contributed by atoms with Gasteiger partial charge in [0.2, 0.25) is 5.91 Å². The van der Waals surface area contributed by atoms with Gasteiger partial charge >= 0.3 is 0 Å². The first-order chi connectivity index (χ1) is 14.7. The Morgan fingerprint density at radius 3 is 1.93 bits per heavy atom. The van der Waals surface area contributed by atoms with E-state index in [1.165, 1.54) is 31.5 Å². The fourth-order valence-electron chi connectivity index (χ4n) is 4.17. The topological polar surface area (TPSA) is 32.3 Å². The van der Waals surface area contributed by atoms with Crippen molar-refractivity contribution in [3.63, 3.8) is 0 Å². The van der Waals surface area contributed by atoms with E-state index >= 15 is 0 Å². The number of piperidine rings is 1. The standard InChI is InChI=1S/C27H30N2O/c1-21-16-18-29(19-17-21)20-22-12-14-25(15-13-22)28-27(30)26(23-8-4-2-5-9-23)24-10-6-3-7-11-24/h2-15,21,26H,16-20H2,1H3,(H,28,30). The lowest BCUT2D eigenvalue weighted by Gasteiger charge is -2.30. The monoisotopic (exact) mass is 398 g/mol. The van der Waals surface area contributed by atoms with E-state index in [0.29, 0.717) is 0 Å². The largest absolute Gasteiger partial charge is 0.325 e. The molecule has 1 fully saturated rings. The van der Waals surface area contributed by atoms with Gasteiger partial charge < -0.3 is 5.32 Å². The van der Waals surface area contributed by atoms with Gasteiger partial charge in [-0.3, -0.25) is 9.69 Å². The van der Waals surface area contributed by atoms with Gasteiger partial charge in [-0.05, 0) is 60.7 Å². The highest BCUT2D eigenvalue weighted by Gasteiger charge is 2.22. The van der Waals surface area contributed by atoms with Crippen LogP contribution in [-0.2, 0) is 11.3 Å². The van der Waals surface area contributed by atoms with Gasteiger partial charge in [0.15, 0.2) is 0 Å². The lowest BCUT2D eigenvalue weighted by Crippen LogP contribution is -2.32. The molecule has 4 rings (SSSR count). The van der Waals surface area contributed by atoms with Gasteiger partial charge in [0, 0.05) is 12.2 Å². The second-order valence-corrected chi connectivity index (χ2v) is 8.40. The second kappa shape index (κ2) is 9.73. The molecule has 1 N–H and O–H groups in total. The normalized spacial score (nSPS) is 15.3. The predicted octanol–water partition coefficient (Wildman–Crippen LogP) is 5.69. The molecule has 0 atom stereocenters. The predicted molar refractivity (Wildman–Crippen MR) is 123 cm³/mol. The van der Waals surface area contributed by atoms with Crippen LogP contribution < -0.4 is 5.32 Å². The van der Waals surface area contributed by atoms with Crippen molar-refractivity contribution in [2.24, 2.45) is 5.92 Å². The number of hydrogen-bond acceptors (Lipinski definition) is 2. The first kappa shape index (κ1) is 20.4. The van der Waals surface area contributed by atoms with Crippen LogP contribution in [0.4, 0.5) is 5.69 Å². The molecule has 1 amide bonds. The maximum Gasteiger partial charge on any atom is 0.236 e. The molecule has 0 aliphatic carbocycles. The number of carbonyl (C=O) groups excluding carboxylic acids is 1. The van der Waals surface area contributed by atoms with Gasteiger partial charge in [0.05, 0.1) is 5.92 Å². The molecule has 30 heavy (non-hydrogen) atoms. The zero-order valence-electron chi connectivity index (χ0n) is 17.6. The second-order valence-electron chi connectivity index (χ2n) is 8.40. The average molecular weight is 399 g/mol. The number of anilines is 1. The summed E-state index contributed by atoms with van der Waals surface area (Å²) < 4.78 is 0. The van der Waals surface area contributed by atoms with Crippen molar-refractivity contribution in [1.82, 2.24) is 4.90 Å². The van der Waals surface area contributed by atoms with Crippen LogP contribution in [-0.4, -0.2) is 23.9 Å². The number of benzene rings is 3. The molecule has 1 aliphatic rings. The smallest absolute Gasteiger partial charge is 0.236 e. The first-order valence-corrected chi connectivity index (χ1v) is 10.9. The molecular formula is C27H30N2O. The van der Waals surface area contributed by atoms with Gasteiger partial charge in [-0.2, -0.15) is 0 Å². The molecule has 0 spiro atoms. The van der Waals surface area contributed by atoms with Crippen molar-refractivity contribution >= 4 is 11.6 Å². The maximum atomic E-state index is 13.2. The summed E-state index contributed by atoms with van der Waals surface area (Å²) in [6, 6.07) is 28.2. The van der Waals surface area contributed by atoms with Crippen LogP contribution >= 0.6 is 0 Å². The molecule has 0 saturated carbocycles. The van der Waals surface area contributed by atoms with Crippen LogP contribution in [0.1, 0.15) is 42.4 Å². The highest BCUT2D eigenvalue weighted by atomic mass is 16.1. The Morgan fingerprint density at radius 2 is 1.40 bits per heavy atom. The summed E-state index contributed by atoms with van der Waals surface area (Å²) in [4.78, 5) is 15.7. The summed E-state index contributed by atoms with van der Waals surface area (Å²) in [5.74, 6) is 0.508. The van der Waals surface area contributed by atoms with E-state index in [9.17, 15) is 4.79 Å². The molecule has 1 aliphatic heterocycles. The van der Waals surface area contributed by atoms with E-state index in [-0.39, 0.29) is 11.8 Å². The van der Waals surface area contributed by atoms with Crippen molar-refractivity contribution in [2.45, 2.75) is 32.2 Å². The van der Waals surface area contributed by atoms with E-state index in [1.54, 1.807) is 0 Å². The Morgan fingerprint density at radius 1 is 0.867 bits per heavy atom. The zero-order valence-corrected chi connectivity index (χ0v) is 17.6. The lowest BCUT2D eigenvalue weighted by atomic mass is 9.90. The third-order valence-electron chi connectivity index (χ3n) is 6.03. The summed E-state index contributed by atoms with van der Waals surface area (Å²) in [6.07, 6.45) is 2.57. The third kappa shape index (κ3) is 5.17. The zero-order chi connectivity index (χ0) is 20.8. The number of likely N-dealkylation sites (tertiary alicyclic amines) is 1. The molecule has 0 aromatic heterocycles. The highest BCUT2D eigenvalue weighted by molar-refractivity contribution is 5.98. The van der Waals surface area contributed by atoms with Crippen LogP contribution in [0.2, 0.25) is 0 Å². The summed E-state index contributed by atoms with van der Waals surface area (Å²) in [7, 11) is 0. The summed E-state index contributed by atoms with van der Waals surface area (Å²) in [5.41, 5.74) is 4.13. The molecule has 3 aromatic rings. The SMILES string of the molecule is CC1CCN(Cc2ccc(NC(=O)C(c3ccccc3)c3ccccc3)cc2)CC1. The molecule has 0 radical (unpaired) electrons. The van der Waals surface area contributed by atoms with E-state index in [4.69, 9.17) is 0 Å². The van der Waals surface area contributed by atoms with Gasteiger partial charge in [0.25, 0.3) is 0 Å². The Balaban J connectivity index is 1.45. The van der Waals surface area contributed by atoms with Crippen molar-refractivity contribution in [3.8, 4) is 0 Å². The quantitative estimate of drug-likeness (QED) is 0.578. The molecule has 3 nitrogen and oxygen atoms in total. The summed E-state index contributed by atoms with van der Waals surface area (Å²) >= 11 is 0. The molecule has 3 aromatic carbocycles. The van der Waals surface area contributed by atoms with Gasteiger partial charge in [0.1, 0.15) is 0 Å². The summed E-state index contributed by atoms with van der Waals surface area (Å²) in [5, 5.41) is 3.12. The Kier molecular flexibility index (Phi) is 6.60. The van der Waals surface area contributed by atoms with Gasteiger partial charge in [-0.1, -0.05) is 79.7 Å². The van der Waals surface area contributed by atoms with Gasteiger partial charge in [-0.15, -0.1) is 0 Å². The van der Waals surface area contributed by atoms with Crippen LogP contribution in [0.3, 0.4) is 0 Å². The van der Waals surface area contributed by atoms with E-state index < -0.39 is 0 Å². The molecular weight excluding hydrogens is 368 g/mol. The Hall–Kier alpha value is -2.91. The number of nitrogens with one attached hydrogen (secondary N) is 1. The Bertz CT molecular complexity index is 890. The minimum absolute atomic E-state index is 0.00910. The van der Waals surface area contributed by atoms with Crippen molar-refractivity contribution in [2.75, 3.05) is 18.4 Å².